The average Bonchev–Trinajstić information content (AvgIpc) is 3.62. The van der Waals surface area contributed by atoms with Crippen LogP contribution in [0.4, 0.5) is 4.79 Å². The molecule has 2 aromatic rings. The molecule has 35 heavy (non-hydrogen) atoms. The van der Waals surface area contributed by atoms with Crippen LogP contribution in [0.3, 0.4) is 0 Å². The van der Waals surface area contributed by atoms with Gasteiger partial charge in [0.1, 0.15) is 12.6 Å². The van der Waals surface area contributed by atoms with Crippen molar-refractivity contribution in [2.24, 2.45) is 11.8 Å². The molecule has 7 nitrogen and oxygen atoms in total. The molecule has 2 aromatic carbocycles. The molecule has 3 atom stereocenters. The number of rotatable bonds is 7. The second-order valence-corrected chi connectivity index (χ2v) is 10.1. The number of piperidine rings is 1. The van der Waals surface area contributed by atoms with Gasteiger partial charge in [0.15, 0.2) is 0 Å². The van der Waals surface area contributed by atoms with Crippen LogP contribution in [0.1, 0.15) is 56.1 Å². The quantitative estimate of drug-likeness (QED) is 0.617. The van der Waals surface area contributed by atoms with Crippen LogP contribution in [0.2, 0.25) is 0 Å². The van der Waals surface area contributed by atoms with Crippen molar-refractivity contribution in [2.45, 2.75) is 57.0 Å². The molecule has 0 aromatic heterocycles. The molecule has 0 radical (unpaired) electrons. The first-order chi connectivity index (χ1) is 16.9. The van der Waals surface area contributed by atoms with Crippen LogP contribution in [0.25, 0.3) is 11.1 Å². The number of fused-ring (bicyclic) bond motifs is 3. The van der Waals surface area contributed by atoms with Crippen LogP contribution < -0.4 is 5.32 Å². The van der Waals surface area contributed by atoms with E-state index in [9.17, 15) is 19.5 Å². The van der Waals surface area contributed by atoms with E-state index in [-0.39, 0.29) is 24.5 Å². The van der Waals surface area contributed by atoms with Crippen LogP contribution in [-0.2, 0) is 14.3 Å². The van der Waals surface area contributed by atoms with Crippen molar-refractivity contribution < 1.29 is 24.2 Å². The van der Waals surface area contributed by atoms with Crippen molar-refractivity contribution >= 4 is 18.0 Å². The van der Waals surface area contributed by atoms with E-state index in [2.05, 4.69) is 29.6 Å². The number of benzene rings is 2. The van der Waals surface area contributed by atoms with E-state index in [1.54, 1.807) is 4.90 Å². The Morgan fingerprint density at radius 3 is 2.23 bits per heavy atom. The van der Waals surface area contributed by atoms with Gasteiger partial charge in [0.2, 0.25) is 5.91 Å². The van der Waals surface area contributed by atoms with Gasteiger partial charge in [-0.25, -0.2) is 4.79 Å². The van der Waals surface area contributed by atoms with Crippen LogP contribution in [-0.4, -0.2) is 53.2 Å². The number of nitrogens with zero attached hydrogens (tertiary/aromatic N) is 1. The third kappa shape index (κ3) is 4.90. The second-order valence-electron chi connectivity index (χ2n) is 10.1. The van der Waals surface area contributed by atoms with Gasteiger partial charge in [-0.15, -0.1) is 0 Å². The van der Waals surface area contributed by atoms with Gasteiger partial charge in [0.25, 0.3) is 0 Å². The highest BCUT2D eigenvalue weighted by Crippen LogP contribution is 2.44. The first-order valence-electron chi connectivity index (χ1n) is 12.6. The van der Waals surface area contributed by atoms with Crippen molar-refractivity contribution in [1.82, 2.24) is 10.2 Å². The summed E-state index contributed by atoms with van der Waals surface area (Å²) in [5.41, 5.74) is 4.61. The molecule has 0 unspecified atom stereocenters. The van der Waals surface area contributed by atoms with Crippen LogP contribution in [0.5, 0.6) is 0 Å². The highest BCUT2D eigenvalue weighted by Gasteiger charge is 2.38. The van der Waals surface area contributed by atoms with Crippen molar-refractivity contribution in [3.63, 3.8) is 0 Å². The molecule has 3 aliphatic rings. The molecule has 0 spiro atoms. The lowest BCUT2D eigenvalue weighted by atomic mass is 9.91. The van der Waals surface area contributed by atoms with Gasteiger partial charge in [0.05, 0.1) is 5.92 Å². The molecular formula is C28H32N2O5. The Morgan fingerprint density at radius 1 is 1.03 bits per heavy atom. The maximum atomic E-state index is 13.4. The Kier molecular flexibility index (Phi) is 6.50. The van der Waals surface area contributed by atoms with Crippen molar-refractivity contribution in [2.75, 3.05) is 13.2 Å². The van der Waals surface area contributed by atoms with E-state index in [4.69, 9.17) is 4.74 Å². The normalized spacial score (nSPS) is 22.1. The number of carbonyl (C=O) groups is 3. The zero-order chi connectivity index (χ0) is 24.5. The SMILES string of the molecule is C[C@H]1C[C@@H](C(=O)O)CCN1C(=O)[C@H](CC1CC1)NC(=O)OCC1c2ccccc2-c2ccccc21. The van der Waals surface area contributed by atoms with E-state index in [1.165, 1.54) is 0 Å². The van der Waals surface area contributed by atoms with Gasteiger partial charge in [0, 0.05) is 18.5 Å². The highest BCUT2D eigenvalue weighted by molar-refractivity contribution is 5.86. The summed E-state index contributed by atoms with van der Waals surface area (Å²) >= 11 is 0. The van der Waals surface area contributed by atoms with Crippen molar-refractivity contribution in [3.8, 4) is 11.1 Å². The standard InChI is InChI=1S/C28H32N2O5/c1-17-14-19(27(32)33)12-13-30(17)26(31)25(15-18-10-11-18)29-28(34)35-16-24-22-8-4-2-6-20(22)21-7-3-5-9-23(21)24/h2-9,17-19,24-25H,10-16H2,1H3,(H,29,34)(H,32,33)/t17-,19-,25-/m0/s1. The Balaban J connectivity index is 1.24. The minimum atomic E-state index is -0.810. The zero-order valence-corrected chi connectivity index (χ0v) is 20.0. The largest absolute Gasteiger partial charge is 0.481 e. The Labute approximate surface area is 205 Å². The molecule has 1 aliphatic heterocycles. The predicted octanol–water partition coefficient (Wildman–Crippen LogP) is 4.41. The Hall–Kier alpha value is -3.35. The third-order valence-corrected chi connectivity index (χ3v) is 7.71. The van der Waals surface area contributed by atoms with Crippen LogP contribution in [0, 0.1) is 11.8 Å². The van der Waals surface area contributed by atoms with Gasteiger partial charge in [-0.05, 0) is 54.4 Å². The van der Waals surface area contributed by atoms with E-state index >= 15 is 0 Å². The lowest BCUT2D eigenvalue weighted by molar-refractivity contribution is -0.148. The lowest BCUT2D eigenvalue weighted by Crippen LogP contribution is -2.54. The summed E-state index contributed by atoms with van der Waals surface area (Å²) in [4.78, 5) is 39.3. The number of ether oxygens (including phenoxy) is 1. The Morgan fingerprint density at radius 2 is 1.66 bits per heavy atom. The monoisotopic (exact) mass is 476 g/mol. The number of carboxylic acid groups (broad SMARTS) is 1. The van der Waals surface area contributed by atoms with Gasteiger partial charge < -0.3 is 20.1 Å². The highest BCUT2D eigenvalue weighted by atomic mass is 16.5. The fraction of sp³-hybridized carbons (Fsp3) is 0.464. The molecule has 1 saturated heterocycles. The van der Waals surface area contributed by atoms with E-state index < -0.39 is 24.0 Å². The van der Waals surface area contributed by atoms with Gasteiger partial charge in [-0.2, -0.15) is 0 Å². The molecule has 2 N–H and O–H groups in total. The lowest BCUT2D eigenvalue weighted by Gasteiger charge is -2.38. The van der Waals surface area contributed by atoms with Gasteiger partial charge >= 0.3 is 12.1 Å². The molecule has 5 rings (SSSR count). The zero-order valence-electron chi connectivity index (χ0n) is 20.0. The second kappa shape index (κ2) is 9.72. The fourth-order valence-electron chi connectivity index (χ4n) is 5.61. The fourth-order valence-corrected chi connectivity index (χ4v) is 5.61. The van der Waals surface area contributed by atoms with E-state index in [0.29, 0.717) is 31.7 Å². The summed E-state index contributed by atoms with van der Waals surface area (Å²) in [6, 6.07) is 15.5. The van der Waals surface area contributed by atoms with Crippen LogP contribution >= 0.6 is 0 Å². The molecule has 1 heterocycles. The number of carbonyl (C=O) groups excluding carboxylic acids is 2. The van der Waals surface area contributed by atoms with Crippen molar-refractivity contribution in [3.05, 3.63) is 59.7 Å². The molecule has 2 amide bonds. The number of likely N-dealkylation sites (tertiary alicyclic amines) is 1. The number of hydrogen-bond acceptors (Lipinski definition) is 4. The summed E-state index contributed by atoms with van der Waals surface area (Å²) in [6.07, 6.45) is 3.00. The van der Waals surface area contributed by atoms with E-state index in [0.717, 1.165) is 35.1 Å². The minimum absolute atomic E-state index is 0.0409. The van der Waals surface area contributed by atoms with Crippen molar-refractivity contribution in [1.29, 1.82) is 0 Å². The van der Waals surface area contributed by atoms with Gasteiger partial charge in [-0.1, -0.05) is 61.4 Å². The van der Waals surface area contributed by atoms with Crippen LogP contribution in [0.15, 0.2) is 48.5 Å². The average molecular weight is 477 g/mol. The molecule has 7 heteroatoms. The molecule has 1 saturated carbocycles. The molecule has 2 aliphatic carbocycles. The number of aliphatic carboxylic acids is 1. The number of hydrogen-bond donors (Lipinski definition) is 2. The topological polar surface area (TPSA) is 95.9 Å². The third-order valence-electron chi connectivity index (χ3n) is 7.71. The summed E-state index contributed by atoms with van der Waals surface area (Å²) in [5.74, 6) is -0.978. The maximum absolute atomic E-state index is 13.4. The molecule has 0 bridgehead atoms. The first-order valence-corrected chi connectivity index (χ1v) is 12.6. The van der Waals surface area contributed by atoms with E-state index in [1.807, 2.05) is 31.2 Å². The first kappa shape index (κ1) is 23.4. The number of amides is 2. The Bertz CT molecular complexity index is 1080. The summed E-state index contributed by atoms with van der Waals surface area (Å²) in [7, 11) is 0. The summed E-state index contributed by atoms with van der Waals surface area (Å²) in [6.45, 7) is 2.48. The summed E-state index contributed by atoms with van der Waals surface area (Å²) in [5, 5.41) is 12.2. The summed E-state index contributed by atoms with van der Waals surface area (Å²) < 4.78 is 5.69. The smallest absolute Gasteiger partial charge is 0.407 e. The molecule has 184 valence electrons. The maximum Gasteiger partial charge on any atom is 0.407 e. The number of nitrogens with one attached hydrogen (secondary N) is 1. The number of alkyl carbamates (subject to hydrolysis) is 1. The minimum Gasteiger partial charge on any atom is -0.481 e. The number of carboxylic acids is 1. The van der Waals surface area contributed by atoms with Gasteiger partial charge in [-0.3, -0.25) is 9.59 Å². The molecule has 2 fully saturated rings. The molecular weight excluding hydrogens is 444 g/mol. The predicted molar refractivity (Wildman–Crippen MR) is 131 cm³/mol.